The van der Waals surface area contributed by atoms with E-state index in [1.54, 1.807) is 0 Å². The Hall–Kier alpha value is -0.120. The number of aliphatic hydroxyl groups is 1. The van der Waals surface area contributed by atoms with Gasteiger partial charge in [-0.25, -0.2) is 0 Å². The van der Waals surface area contributed by atoms with Crippen LogP contribution in [0, 0.1) is 0 Å². The summed E-state index contributed by atoms with van der Waals surface area (Å²) in [6.07, 6.45) is 3.07. The first-order valence-corrected chi connectivity index (χ1v) is 5.58. The summed E-state index contributed by atoms with van der Waals surface area (Å²) in [5.74, 6) is 0. The van der Waals surface area contributed by atoms with E-state index in [0.717, 1.165) is 25.9 Å². The van der Waals surface area contributed by atoms with Crippen LogP contribution in [-0.4, -0.2) is 36.0 Å². The molecule has 0 amide bonds. The van der Waals surface area contributed by atoms with Gasteiger partial charge in [0.15, 0.2) is 0 Å². The molecule has 1 fully saturated rings. The minimum absolute atomic E-state index is 0.0103. The number of nitrogens with one attached hydrogen (secondary N) is 1. The van der Waals surface area contributed by atoms with Crippen molar-refractivity contribution in [2.24, 2.45) is 0 Å². The Kier molecular flexibility index (Phi) is 4.35. The van der Waals surface area contributed by atoms with E-state index in [9.17, 15) is 0 Å². The Morgan fingerprint density at radius 2 is 2.29 bits per heavy atom. The fourth-order valence-electron chi connectivity index (χ4n) is 2.01. The Labute approximate surface area is 86.8 Å². The van der Waals surface area contributed by atoms with E-state index in [0.29, 0.717) is 6.04 Å². The largest absolute Gasteiger partial charge is 0.395 e. The van der Waals surface area contributed by atoms with E-state index in [-0.39, 0.29) is 18.2 Å². The summed E-state index contributed by atoms with van der Waals surface area (Å²) in [5, 5.41) is 12.6. The minimum Gasteiger partial charge on any atom is -0.395 e. The summed E-state index contributed by atoms with van der Waals surface area (Å²) in [6.45, 7) is 7.40. The Bertz CT molecular complexity index is 167. The third kappa shape index (κ3) is 3.56. The second kappa shape index (κ2) is 5.10. The highest BCUT2D eigenvalue weighted by molar-refractivity contribution is 4.84. The lowest BCUT2D eigenvalue weighted by molar-refractivity contribution is -0.0649. The monoisotopic (exact) mass is 201 g/mol. The Morgan fingerprint density at radius 3 is 2.79 bits per heavy atom. The first-order chi connectivity index (χ1) is 6.57. The van der Waals surface area contributed by atoms with Crippen molar-refractivity contribution in [3.63, 3.8) is 0 Å². The Balaban J connectivity index is 2.37. The molecular weight excluding hydrogens is 178 g/mol. The van der Waals surface area contributed by atoms with Gasteiger partial charge in [-0.1, -0.05) is 6.92 Å². The summed E-state index contributed by atoms with van der Waals surface area (Å²) in [7, 11) is 0. The van der Waals surface area contributed by atoms with Gasteiger partial charge >= 0.3 is 0 Å². The van der Waals surface area contributed by atoms with E-state index in [2.05, 4.69) is 26.1 Å². The molecule has 2 unspecified atom stereocenters. The molecule has 1 rings (SSSR count). The van der Waals surface area contributed by atoms with Crippen molar-refractivity contribution in [2.75, 3.05) is 13.2 Å². The molecule has 0 aromatic carbocycles. The number of hydrogen-bond donors (Lipinski definition) is 2. The van der Waals surface area contributed by atoms with Crippen LogP contribution in [0.2, 0.25) is 0 Å². The maximum Gasteiger partial charge on any atom is 0.0641 e. The van der Waals surface area contributed by atoms with Crippen LogP contribution >= 0.6 is 0 Å². The molecule has 14 heavy (non-hydrogen) atoms. The smallest absolute Gasteiger partial charge is 0.0641 e. The molecule has 2 N–H and O–H groups in total. The van der Waals surface area contributed by atoms with Gasteiger partial charge in [-0.15, -0.1) is 0 Å². The topological polar surface area (TPSA) is 41.5 Å². The first kappa shape index (κ1) is 12.0. The van der Waals surface area contributed by atoms with Gasteiger partial charge in [-0.2, -0.15) is 0 Å². The zero-order valence-corrected chi connectivity index (χ0v) is 9.55. The highest BCUT2D eigenvalue weighted by atomic mass is 16.5. The standard InChI is InChI=1S/C11H23NO2/c1-4-9(8-13)12-10-5-6-14-11(2,3)7-10/h9-10,12-13H,4-8H2,1-3H3. The van der Waals surface area contributed by atoms with Crippen LogP contribution in [0.25, 0.3) is 0 Å². The molecule has 0 aliphatic carbocycles. The van der Waals surface area contributed by atoms with Gasteiger partial charge in [0.05, 0.1) is 12.2 Å². The van der Waals surface area contributed by atoms with Gasteiger partial charge in [0.2, 0.25) is 0 Å². The van der Waals surface area contributed by atoms with Crippen LogP contribution in [0.15, 0.2) is 0 Å². The second-order valence-corrected chi connectivity index (χ2v) is 4.75. The van der Waals surface area contributed by atoms with E-state index in [4.69, 9.17) is 9.84 Å². The summed E-state index contributed by atoms with van der Waals surface area (Å²) >= 11 is 0. The average Bonchev–Trinajstić information content (AvgIpc) is 2.12. The van der Waals surface area contributed by atoms with E-state index in [1.807, 2.05) is 0 Å². The maximum absolute atomic E-state index is 9.09. The summed E-state index contributed by atoms with van der Waals surface area (Å²) in [4.78, 5) is 0. The highest BCUT2D eigenvalue weighted by Gasteiger charge is 2.29. The SMILES string of the molecule is CCC(CO)NC1CCOC(C)(C)C1. The fraction of sp³-hybridized carbons (Fsp3) is 1.00. The van der Waals surface area contributed by atoms with Gasteiger partial charge in [0, 0.05) is 18.7 Å². The lowest BCUT2D eigenvalue weighted by Crippen LogP contribution is -2.48. The average molecular weight is 201 g/mol. The first-order valence-electron chi connectivity index (χ1n) is 5.58. The number of aliphatic hydroxyl groups excluding tert-OH is 1. The van der Waals surface area contributed by atoms with Crippen molar-refractivity contribution < 1.29 is 9.84 Å². The van der Waals surface area contributed by atoms with Crippen LogP contribution in [0.5, 0.6) is 0 Å². The zero-order valence-electron chi connectivity index (χ0n) is 9.55. The summed E-state index contributed by atoms with van der Waals surface area (Å²) in [5.41, 5.74) is -0.0103. The molecule has 1 saturated heterocycles. The van der Waals surface area contributed by atoms with Crippen LogP contribution in [-0.2, 0) is 4.74 Å². The predicted octanol–water partition coefficient (Wildman–Crippen LogP) is 1.30. The molecule has 3 heteroatoms. The third-order valence-corrected chi connectivity index (χ3v) is 2.88. The van der Waals surface area contributed by atoms with E-state index in [1.165, 1.54) is 0 Å². The van der Waals surface area contributed by atoms with Crippen molar-refractivity contribution in [2.45, 2.75) is 57.7 Å². The summed E-state index contributed by atoms with van der Waals surface area (Å²) < 4.78 is 5.64. The molecule has 2 atom stereocenters. The molecule has 0 saturated carbocycles. The van der Waals surface area contributed by atoms with Crippen LogP contribution in [0.4, 0.5) is 0 Å². The number of ether oxygens (including phenoxy) is 1. The quantitative estimate of drug-likeness (QED) is 0.720. The number of hydrogen-bond acceptors (Lipinski definition) is 3. The molecule has 0 spiro atoms. The normalized spacial score (nSPS) is 28.7. The van der Waals surface area contributed by atoms with Crippen LogP contribution in [0.1, 0.15) is 40.0 Å². The van der Waals surface area contributed by atoms with Crippen LogP contribution in [0.3, 0.4) is 0 Å². The molecule has 0 aromatic heterocycles. The van der Waals surface area contributed by atoms with Gasteiger partial charge in [0.25, 0.3) is 0 Å². The van der Waals surface area contributed by atoms with Crippen molar-refractivity contribution in [3.05, 3.63) is 0 Å². The van der Waals surface area contributed by atoms with Crippen LogP contribution < -0.4 is 5.32 Å². The second-order valence-electron chi connectivity index (χ2n) is 4.75. The number of rotatable bonds is 4. The molecule has 0 bridgehead atoms. The third-order valence-electron chi connectivity index (χ3n) is 2.88. The molecule has 84 valence electrons. The molecule has 0 radical (unpaired) electrons. The lowest BCUT2D eigenvalue weighted by atomic mass is 9.93. The maximum atomic E-state index is 9.09. The van der Waals surface area contributed by atoms with E-state index < -0.39 is 0 Å². The lowest BCUT2D eigenvalue weighted by Gasteiger charge is -2.37. The van der Waals surface area contributed by atoms with Crippen molar-refractivity contribution in [3.8, 4) is 0 Å². The molecule has 1 heterocycles. The molecule has 0 aromatic rings. The van der Waals surface area contributed by atoms with Gasteiger partial charge in [-0.3, -0.25) is 0 Å². The van der Waals surface area contributed by atoms with Gasteiger partial charge < -0.3 is 15.2 Å². The molecule has 1 aliphatic rings. The van der Waals surface area contributed by atoms with Crippen molar-refractivity contribution in [1.29, 1.82) is 0 Å². The van der Waals surface area contributed by atoms with Crippen molar-refractivity contribution >= 4 is 0 Å². The molecule has 3 nitrogen and oxygen atoms in total. The van der Waals surface area contributed by atoms with Crippen molar-refractivity contribution in [1.82, 2.24) is 5.32 Å². The minimum atomic E-state index is -0.0103. The van der Waals surface area contributed by atoms with E-state index >= 15 is 0 Å². The fourth-order valence-corrected chi connectivity index (χ4v) is 2.01. The molecule has 1 aliphatic heterocycles. The summed E-state index contributed by atoms with van der Waals surface area (Å²) in [6, 6.07) is 0.741. The van der Waals surface area contributed by atoms with Gasteiger partial charge in [-0.05, 0) is 33.1 Å². The zero-order chi connectivity index (χ0) is 10.6. The highest BCUT2D eigenvalue weighted by Crippen LogP contribution is 2.24. The molecular formula is C11H23NO2. The Morgan fingerprint density at radius 1 is 1.57 bits per heavy atom. The predicted molar refractivity (Wildman–Crippen MR) is 57.4 cm³/mol. The van der Waals surface area contributed by atoms with Gasteiger partial charge in [0.1, 0.15) is 0 Å².